The Labute approximate surface area is 194 Å². The van der Waals surface area contributed by atoms with E-state index in [1.807, 2.05) is 6.26 Å². The van der Waals surface area contributed by atoms with E-state index in [1.54, 1.807) is 0 Å². The Morgan fingerprint density at radius 1 is 1.18 bits per heavy atom. The highest BCUT2D eigenvalue weighted by atomic mass is 32.2. The Hall–Kier alpha value is -3.47. The summed E-state index contributed by atoms with van der Waals surface area (Å²) in [6, 6.07) is 9.89. The summed E-state index contributed by atoms with van der Waals surface area (Å²) in [5, 5.41) is 16.2. The van der Waals surface area contributed by atoms with E-state index in [-0.39, 0.29) is 24.2 Å². The van der Waals surface area contributed by atoms with Gasteiger partial charge in [-0.15, -0.1) is 0 Å². The molecule has 0 spiro atoms. The second kappa shape index (κ2) is 12.5. The molecule has 11 heteroatoms. The number of hydrogen-bond donors (Lipinski definition) is 3. The van der Waals surface area contributed by atoms with Crippen molar-refractivity contribution >= 4 is 35.2 Å². The standard InChI is InChI=1S/C22H25FN4O5S/c1-33-10-9-19(26-21(29)15-3-2-4-18(12-15)27(31)32)22(30)25-13-16(20(24)28)11-14-5-7-17(23)8-6-14/h2-8,12,16,19H,9-11,13H2,1H3,(H2,24,28)(H,25,30)(H,26,29). The van der Waals surface area contributed by atoms with Gasteiger partial charge in [0.15, 0.2) is 0 Å². The van der Waals surface area contributed by atoms with Crippen LogP contribution < -0.4 is 16.4 Å². The molecule has 0 aromatic heterocycles. The number of carbonyl (C=O) groups is 3. The Kier molecular flexibility index (Phi) is 9.80. The van der Waals surface area contributed by atoms with Crippen LogP contribution in [0.3, 0.4) is 0 Å². The van der Waals surface area contributed by atoms with E-state index >= 15 is 0 Å². The second-order valence-corrected chi connectivity index (χ2v) is 8.28. The third-order valence-electron chi connectivity index (χ3n) is 4.87. The van der Waals surface area contributed by atoms with Crippen LogP contribution in [0.2, 0.25) is 0 Å². The van der Waals surface area contributed by atoms with Crippen LogP contribution >= 0.6 is 11.8 Å². The van der Waals surface area contributed by atoms with Crippen LogP contribution in [0.1, 0.15) is 22.3 Å². The van der Waals surface area contributed by atoms with Crippen LogP contribution in [0, 0.1) is 21.8 Å². The van der Waals surface area contributed by atoms with Gasteiger partial charge in [-0.1, -0.05) is 18.2 Å². The molecular formula is C22H25FN4O5S. The van der Waals surface area contributed by atoms with Gasteiger partial charge < -0.3 is 16.4 Å². The van der Waals surface area contributed by atoms with Gasteiger partial charge in [0.1, 0.15) is 11.9 Å². The van der Waals surface area contributed by atoms with Crippen molar-refractivity contribution < 1.29 is 23.7 Å². The largest absolute Gasteiger partial charge is 0.369 e. The van der Waals surface area contributed by atoms with Crippen molar-refractivity contribution in [2.75, 3.05) is 18.6 Å². The van der Waals surface area contributed by atoms with Crippen LogP contribution in [-0.2, 0) is 16.0 Å². The van der Waals surface area contributed by atoms with Crippen molar-refractivity contribution in [2.45, 2.75) is 18.9 Å². The number of halogens is 1. The average molecular weight is 477 g/mol. The lowest BCUT2D eigenvalue weighted by Gasteiger charge is -2.20. The zero-order valence-electron chi connectivity index (χ0n) is 18.0. The van der Waals surface area contributed by atoms with Crippen molar-refractivity contribution in [1.29, 1.82) is 0 Å². The lowest BCUT2D eigenvalue weighted by molar-refractivity contribution is -0.384. The number of nitrogens with two attached hydrogens (primary N) is 1. The normalized spacial score (nSPS) is 12.4. The summed E-state index contributed by atoms with van der Waals surface area (Å²) < 4.78 is 13.1. The highest BCUT2D eigenvalue weighted by molar-refractivity contribution is 7.98. The highest BCUT2D eigenvalue weighted by Crippen LogP contribution is 2.14. The Morgan fingerprint density at radius 3 is 2.48 bits per heavy atom. The topological polar surface area (TPSA) is 144 Å². The summed E-state index contributed by atoms with van der Waals surface area (Å²) in [4.78, 5) is 47.5. The van der Waals surface area contributed by atoms with E-state index in [9.17, 15) is 28.9 Å². The molecular weight excluding hydrogens is 451 g/mol. The molecule has 4 N–H and O–H groups in total. The van der Waals surface area contributed by atoms with Crippen molar-refractivity contribution in [1.82, 2.24) is 10.6 Å². The molecule has 2 unspecified atom stereocenters. The average Bonchev–Trinajstić information content (AvgIpc) is 2.80. The molecule has 0 aliphatic heterocycles. The molecule has 2 aromatic rings. The molecule has 0 aliphatic carbocycles. The van der Waals surface area contributed by atoms with Gasteiger partial charge in [-0.2, -0.15) is 11.8 Å². The van der Waals surface area contributed by atoms with E-state index in [0.29, 0.717) is 17.7 Å². The fourth-order valence-electron chi connectivity index (χ4n) is 3.03. The van der Waals surface area contributed by atoms with E-state index in [1.165, 1.54) is 54.2 Å². The van der Waals surface area contributed by atoms with Crippen molar-refractivity contribution in [3.8, 4) is 0 Å². The summed E-state index contributed by atoms with van der Waals surface area (Å²) >= 11 is 1.48. The minimum atomic E-state index is -0.913. The number of amides is 3. The molecule has 33 heavy (non-hydrogen) atoms. The first-order chi connectivity index (χ1) is 15.7. The summed E-state index contributed by atoms with van der Waals surface area (Å²) in [5.74, 6) is -2.32. The number of nitrogens with one attached hydrogen (secondary N) is 2. The molecule has 0 aliphatic rings. The number of primary amides is 1. The Balaban J connectivity index is 2.05. The number of carbonyl (C=O) groups excluding carboxylic acids is 3. The number of hydrogen-bond acceptors (Lipinski definition) is 6. The van der Waals surface area contributed by atoms with Crippen molar-refractivity contribution in [2.24, 2.45) is 11.7 Å². The van der Waals surface area contributed by atoms with Gasteiger partial charge in [-0.3, -0.25) is 24.5 Å². The number of rotatable bonds is 12. The number of nitro groups is 1. The number of non-ortho nitro benzene ring substituents is 1. The predicted molar refractivity (Wildman–Crippen MR) is 123 cm³/mol. The Bertz CT molecular complexity index is 1000. The number of thioether (sulfide) groups is 1. The molecule has 0 saturated carbocycles. The van der Waals surface area contributed by atoms with Crippen LogP contribution in [0.25, 0.3) is 0 Å². The molecule has 0 fully saturated rings. The minimum Gasteiger partial charge on any atom is -0.369 e. The van der Waals surface area contributed by atoms with Crippen LogP contribution in [-0.4, -0.2) is 47.2 Å². The van der Waals surface area contributed by atoms with E-state index in [0.717, 1.165) is 6.07 Å². The van der Waals surface area contributed by atoms with Gasteiger partial charge in [-0.25, -0.2) is 4.39 Å². The van der Waals surface area contributed by atoms with Gasteiger partial charge in [-0.05, 0) is 48.6 Å². The number of nitrogens with zero attached hydrogens (tertiary/aromatic N) is 1. The first-order valence-electron chi connectivity index (χ1n) is 10.1. The van der Waals surface area contributed by atoms with Gasteiger partial charge in [0, 0.05) is 24.2 Å². The zero-order chi connectivity index (χ0) is 24.4. The third-order valence-corrected chi connectivity index (χ3v) is 5.52. The highest BCUT2D eigenvalue weighted by Gasteiger charge is 2.24. The minimum absolute atomic E-state index is 0.0532. The van der Waals surface area contributed by atoms with E-state index in [2.05, 4.69) is 10.6 Å². The monoisotopic (exact) mass is 476 g/mol. The van der Waals surface area contributed by atoms with Crippen LogP contribution in [0.4, 0.5) is 10.1 Å². The lowest BCUT2D eigenvalue weighted by atomic mass is 9.98. The van der Waals surface area contributed by atoms with Gasteiger partial charge in [0.2, 0.25) is 11.8 Å². The number of nitro benzene ring substituents is 1. The maximum atomic E-state index is 13.1. The first kappa shape index (κ1) is 25.8. The summed E-state index contributed by atoms with van der Waals surface area (Å²) in [6.07, 6.45) is 2.38. The Morgan fingerprint density at radius 2 is 1.88 bits per heavy atom. The quantitative estimate of drug-likeness (QED) is 0.316. The summed E-state index contributed by atoms with van der Waals surface area (Å²) in [7, 11) is 0. The van der Waals surface area contributed by atoms with Gasteiger partial charge in [0.05, 0.1) is 10.8 Å². The molecule has 2 aromatic carbocycles. The number of benzene rings is 2. The molecule has 2 atom stereocenters. The fourth-order valence-corrected chi connectivity index (χ4v) is 3.50. The fraction of sp³-hybridized carbons (Fsp3) is 0.318. The maximum absolute atomic E-state index is 13.1. The third kappa shape index (κ3) is 8.19. The van der Waals surface area contributed by atoms with Crippen LogP contribution in [0.15, 0.2) is 48.5 Å². The molecule has 0 bridgehead atoms. The molecule has 0 radical (unpaired) electrons. The summed E-state index contributed by atoms with van der Waals surface area (Å²) in [5.41, 5.74) is 5.96. The van der Waals surface area contributed by atoms with Crippen LogP contribution in [0.5, 0.6) is 0 Å². The van der Waals surface area contributed by atoms with Gasteiger partial charge >= 0.3 is 0 Å². The summed E-state index contributed by atoms with van der Waals surface area (Å²) in [6.45, 7) is -0.0615. The molecule has 3 amide bonds. The molecule has 0 saturated heterocycles. The SMILES string of the molecule is CSCCC(NC(=O)c1cccc([N+](=O)[O-])c1)C(=O)NCC(Cc1ccc(F)cc1)C(N)=O. The molecule has 176 valence electrons. The van der Waals surface area contributed by atoms with Gasteiger partial charge in [0.25, 0.3) is 11.6 Å². The smallest absolute Gasteiger partial charge is 0.270 e. The lowest BCUT2D eigenvalue weighted by Crippen LogP contribution is -2.49. The molecule has 0 heterocycles. The van der Waals surface area contributed by atoms with Crippen molar-refractivity contribution in [3.63, 3.8) is 0 Å². The van der Waals surface area contributed by atoms with Crippen molar-refractivity contribution in [3.05, 3.63) is 75.6 Å². The predicted octanol–water partition coefficient (Wildman–Crippen LogP) is 2.05. The molecule has 9 nitrogen and oxygen atoms in total. The zero-order valence-corrected chi connectivity index (χ0v) is 18.8. The van der Waals surface area contributed by atoms with E-state index < -0.39 is 40.4 Å². The molecule has 2 rings (SSSR count). The van der Waals surface area contributed by atoms with E-state index in [4.69, 9.17) is 5.73 Å². The maximum Gasteiger partial charge on any atom is 0.270 e. The first-order valence-corrected chi connectivity index (χ1v) is 11.5. The second-order valence-electron chi connectivity index (χ2n) is 7.29.